The number of hydrogen-bond acceptors (Lipinski definition) is 1. The summed E-state index contributed by atoms with van der Waals surface area (Å²) in [6, 6.07) is 0. The number of allylic oxidation sites excluding steroid dienone is 2. The molecular formula is C12H11NO. The Morgan fingerprint density at radius 1 is 1.36 bits per heavy atom. The summed E-state index contributed by atoms with van der Waals surface area (Å²) in [6.45, 7) is 6.57. The van der Waals surface area contributed by atoms with E-state index in [1.165, 1.54) is 6.92 Å². The van der Waals surface area contributed by atoms with Crippen molar-refractivity contribution in [3.8, 4) is 0 Å². The Bertz CT molecular complexity index is 425. The monoisotopic (exact) mass is 185 g/mol. The summed E-state index contributed by atoms with van der Waals surface area (Å²) in [6.07, 6.45) is 3.49. The zero-order valence-corrected chi connectivity index (χ0v) is 8.27. The zero-order chi connectivity index (χ0) is 10.8. The first-order valence-electron chi connectivity index (χ1n) is 4.01. The molecule has 1 amide bonds. The molecule has 70 valence electrons. The number of carbonyl (C=O) groups excluding carboxylic acids is 1. The Kier molecular flexibility index (Phi) is 6.35. The molecule has 0 atom stereocenters. The highest BCUT2D eigenvalue weighted by Gasteiger charge is 1.91. The van der Waals surface area contributed by atoms with Crippen LogP contribution >= 0.6 is 0 Å². The van der Waals surface area contributed by atoms with Gasteiger partial charge in [0.1, 0.15) is 0 Å². The molecule has 0 bridgehead atoms. The standard InChI is InChI=1S/C12H11NO/c1-4-6-7-8-10-12(9-5-2)13-11(3)14/h5,9H,1H2,2-3H3,(H,13,14). The van der Waals surface area contributed by atoms with Crippen molar-refractivity contribution in [3.05, 3.63) is 53.1 Å². The molecule has 0 aromatic rings. The van der Waals surface area contributed by atoms with E-state index in [2.05, 4.69) is 40.6 Å². The van der Waals surface area contributed by atoms with Crippen LogP contribution in [-0.4, -0.2) is 5.91 Å². The molecule has 14 heavy (non-hydrogen) atoms. The van der Waals surface area contributed by atoms with Crippen molar-refractivity contribution in [1.82, 2.24) is 5.32 Å². The second-order valence-corrected chi connectivity index (χ2v) is 2.27. The van der Waals surface area contributed by atoms with Gasteiger partial charge in [-0.15, -0.1) is 0 Å². The minimum atomic E-state index is -0.157. The van der Waals surface area contributed by atoms with E-state index in [4.69, 9.17) is 0 Å². The Balaban J connectivity index is 5.20. The fraction of sp³-hybridized carbons (Fsp3) is 0.167. The maximum atomic E-state index is 10.7. The molecule has 2 heteroatoms. The summed E-state index contributed by atoms with van der Waals surface area (Å²) in [5, 5.41) is 2.57. The van der Waals surface area contributed by atoms with Gasteiger partial charge in [-0.1, -0.05) is 11.8 Å². The predicted octanol–water partition coefficient (Wildman–Crippen LogP) is 1.99. The number of rotatable bonds is 2. The largest absolute Gasteiger partial charge is 0.319 e. The summed E-state index contributed by atoms with van der Waals surface area (Å²) in [5.41, 5.74) is 13.1. The molecule has 0 aromatic carbocycles. The summed E-state index contributed by atoms with van der Waals surface area (Å²) in [4.78, 5) is 10.7. The first-order chi connectivity index (χ1) is 6.70. The van der Waals surface area contributed by atoms with Crippen molar-refractivity contribution in [1.29, 1.82) is 0 Å². The molecule has 1 N–H and O–H groups in total. The van der Waals surface area contributed by atoms with Gasteiger partial charge in [0.05, 0.1) is 5.70 Å². The molecule has 0 spiro atoms. The van der Waals surface area contributed by atoms with E-state index in [9.17, 15) is 4.79 Å². The van der Waals surface area contributed by atoms with E-state index in [0.717, 1.165) is 0 Å². The van der Waals surface area contributed by atoms with Crippen molar-refractivity contribution in [3.63, 3.8) is 0 Å². The average molecular weight is 185 g/mol. The maximum absolute atomic E-state index is 10.7. The Morgan fingerprint density at radius 2 is 2.07 bits per heavy atom. The van der Waals surface area contributed by atoms with Gasteiger partial charge >= 0.3 is 0 Å². The number of hydrogen-bond donors (Lipinski definition) is 1. The molecule has 0 aromatic heterocycles. The smallest absolute Gasteiger partial charge is 0.221 e. The number of amides is 1. The van der Waals surface area contributed by atoms with Crippen LogP contribution in [0.3, 0.4) is 0 Å². The van der Waals surface area contributed by atoms with E-state index in [0.29, 0.717) is 5.70 Å². The van der Waals surface area contributed by atoms with Gasteiger partial charge in [-0.25, -0.2) is 0 Å². The predicted molar refractivity (Wildman–Crippen MR) is 55.3 cm³/mol. The summed E-state index contributed by atoms with van der Waals surface area (Å²) in [7, 11) is 0. The van der Waals surface area contributed by atoms with Crippen molar-refractivity contribution >= 4 is 5.91 Å². The van der Waals surface area contributed by atoms with Crippen LogP contribution < -0.4 is 5.32 Å². The van der Waals surface area contributed by atoms with Crippen LogP contribution in [0.2, 0.25) is 0 Å². The quantitative estimate of drug-likeness (QED) is 0.517. The van der Waals surface area contributed by atoms with Crippen LogP contribution in [0, 0.1) is 0 Å². The lowest BCUT2D eigenvalue weighted by Crippen LogP contribution is -2.16. The van der Waals surface area contributed by atoms with Crippen LogP contribution in [0.5, 0.6) is 0 Å². The molecule has 0 fully saturated rings. The third-order valence-corrected chi connectivity index (χ3v) is 1.05. The van der Waals surface area contributed by atoms with Crippen molar-refractivity contribution in [2.45, 2.75) is 13.8 Å². The van der Waals surface area contributed by atoms with Gasteiger partial charge in [0, 0.05) is 6.92 Å². The van der Waals surface area contributed by atoms with E-state index in [-0.39, 0.29) is 5.91 Å². The molecule has 0 heterocycles. The molecule has 0 aliphatic carbocycles. The molecule has 2 nitrogen and oxygen atoms in total. The van der Waals surface area contributed by atoms with E-state index >= 15 is 0 Å². The number of carbonyl (C=O) groups is 1. The molecule has 0 saturated heterocycles. The summed E-state index contributed by atoms with van der Waals surface area (Å²) >= 11 is 0. The van der Waals surface area contributed by atoms with Gasteiger partial charge in [-0.05, 0) is 42.5 Å². The fourth-order valence-corrected chi connectivity index (χ4v) is 0.645. The van der Waals surface area contributed by atoms with Crippen LogP contribution in [0.1, 0.15) is 13.8 Å². The van der Waals surface area contributed by atoms with Gasteiger partial charge < -0.3 is 5.32 Å². The van der Waals surface area contributed by atoms with Crippen LogP contribution in [0.25, 0.3) is 0 Å². The molecule has 0 aliphatic heterocycles. The zero-order valence-electron chi connectivity index (χ0n) is 8.27. The molecule has 0 radical (unpaired) electrons. The lowest BCUT2D eigenvalue weighted by molar-refractivity contribution is -0.118. The lowest BCUT2D eigenvalue weighted by atomic mass is 10.4. The van der Waals surface area contributed by atoms with Crippen molar-refractivity contribution in [2.75, 3.05) is 0 Å². The Morgan fingerprint density at radius 3 is 2.57 bits per heavy atom. The summed E-state index contributed by atoms with van der Waals surface area (Å²) < 4.78 is 0. The molecule has 0 unspecified atom stereocenters. The average Bonchev–Trinajstić information content (AvgIpc) is 2.12. The normalized spacial score (nSPS) is 7.57. The third kappa shape index (κ3) is 6.55. The maximum Gasteiger partial charge on any atom is 0.221 e. The van der Waals surface area contributed by atoms with E-state index < -0.39 is 0 Å². The highest BCUT2D eigenvalue weighted by atomic mass is 16.1. The SMILES string of the molecule is C=C=C=C=C=C=C(C=CC)NC(C)=O. The molecule has 0 rings (SSSR count). The second-order valence-electron chi connectivity index (χ2n) is 2.27. The van der Waals surface area contributed by atoms with Gasteiger partial charge in [-0.3, -0.25) is 4.79 Å². The molecular weight excluding hydrogens is 174 g/mol. The lowest BCUT2D eigenvalue weighted by Gasteiger charge is -1.96. The van der Waals surface area contributed by atoms with Crippen LogP contribution in [-0.2, 0) is 4.79 Å². The van der Waals surface area contributed by atoms with Crippen LogP contribution in [0.15, 0.2) is 53.1 Å². The van der Waals surface area contributed by atoms with Gasteiger partial charge in [0.15, 0.2) is 0 Å². The van der Waals surface area contributed by atoms with E-state index in [1.54, 1.807) is 12.2 Å². The Labute approximate surface area is 83.6 Å². The molecule has 0 saturated carbocycles. The van der Waals surface area contributed by atoms with Crippen molar-refractivity contribution < 1.29 is 4.79 Å². The highest BCUT2D eigenvalue weighted by molar-refractivity contribution is 5.75. The summed E-state index contributed by atoms with van der Waals surface area (Å²) in [5.74, 6) is -0.157. The first kappa shape index (κ1) is 11.8. The first-order valence-corrected chi connectivity index (χ1v) is 4.01. The minimum Gasteiger partial charge on any atom is -0.319 e. The highest BCUT2D eigenvalue weighted by Crippen LogP contribution is 1.87. The topological polar surface area (TPSA) is 29.1 Å². The van der Waals surface area contributed by atoms with Gasteiger partial charge in [0.25, 0.3) is 0 Å². The third-order valence-electron chi connectivity index (χ3n) is 1.05. The van der Waals surface area contributed by atoms with Crippen LogP contribution in [0.4, 0.5) is 0 Å². The van der Waals surface area contributed by atoms with Gasteiger partial charge in [0.2, 0.25) is 5.91 Å². The van der Waals surface area contributed by atoms with Crippen molar-refractivity contribution in [2.24, 2.45) is 0 Å². The van der Waals surface area contributed by atoms with Gasteiger partial charge in [-0.2, -0.15) is 0 Å². The fourth-order valence-electron chi connectivity index (χ4n) is 0.645. The number of nitrogens with one attached hydrogen (secondary N) is 1. The Hall–Kier alpha value is -2.15. The van der Waals surface area contributed by atoms with E-state index in [1.807, 2.05) is 6.92 Å². The molecule has 0 aliphatic rings. The second kappa shape index (κ2) is 7.50. The minimum absolute atomic E-state index is 0.157.